The quantitative estimate of drug-likeness (QED) is 0.0181. The first-order valence-corrected chi connectivity index (χ1v) is 25.6. The predicted molar refractivity (Wildman–Crippen MR) is 305 cm³/mol. The number of halogens is 1. The fourth-order valence-corrected chi connectivity index (χ4v) is 7.72. The van der Waals surface area contributed by atoms with Crippen LogP contribution < -0.4 is 0 Å². The number of carbonyl (C=O) groups excluding carboxylic acids is 3. The molecule has 5 atom stereocenters. The smallest absolute Gasteiger partial charge is 0.481 e. The van der Waals surface area contributed by atoms with Crippen molar-refractivity contribution in [3.8, 4) is 0 Å². The summed E-state index contributed by atoms with van der Waals surface area (Å²) in [6.45, 7) is 4.21. The van der Waals surface area contributed by atoms with Gasteiger partial charge in [-0.1, -0.05) is 92.4 Å². The third-order valence-electron chi connectivity index (χ3n) is 11.3. The molecule has 3 aromatic rings. The number of aliphatic hydroxyl groups excluding tert-OH is 2. The van der Waals surface area contributed by atoms with Gasteiger partial charge in [0.05, 0.1) is 82.9 Å². The summed E-state index contributed by atoms with van der Waals surface area (Å²) in [5.74, 6) is -1.90. The second-order valence-corrected chi connectivity index (χ2v) is 17.7. The Bertz CT molecular complexity index is 2980. The van der Waals surface area contributed by atoms with Crippen LogP contribution >= 0.6 is 11.6 Å². The first-order valence-electron chi connectivity index (χ1n) is 25.2. The molecule has 26 heteroatoms. The SMILES string of the molecule is C.CC(OC(=O)Cl)c1ccccc1[N+](=O)[O-].CC(OC(=O)OC/C=C/C1=CC(OCCC(=O)O)CC(/C=C/COC(=O)OC(C)c2ccccc2[N+](=O)[O-])=C1)c1ccccc1[N+](=O)[O-].O=C(O)CCOC1C=C(/C=C/CO)C=C(/C=C/CO)C1. The lowest BCUT2D eigenvalue weighted by Gasteiger charge is -2.20. The van der Waals surface area contributed by atoms with Crippen molar-refractivity contribution in [2.45, 2.75) is 84.4 Å². The molecule has 0 aromatic heterocycles. The third-order valence-corrected chi connectivity index (χ3v) is 11.3. The summed E-state index contributed by atoms with van der Waals surface area (Å²) in [7, 11) is 0. The number of nitrogens with zero attached hydrogens (tertiary/aromatic N) is 3. The summed E-state index contributed by atoms with van der Waals surface area (Å²) in [5.41, 5.74) is 2.60. The van der Waals surface area contributed by atoms with Crippen LogP contribution in [0.5, 0.6) is 0 Å². The summed E-state index contributed by atoms with van der Waals surface area (Å²) in [6.07, 6.45) is 16.2. The van der Waals surface area contributed by atoms with Crippen molar-refractivity contribution in [1.82, 2.24) is 0 Å². The average Bonchev–Trinajstić information content (AvgIpc) is 3.66. The Morgan fingerprint density at radius 1 is 0.560 bits per heavy atom. The fourth-order valence-electron chi connectivity index (χ4n) is 7.59. The Morgan fingerprint density at radius 3 is 1.25 bits per heavy atom. The van der Waals surface area contributed by atoms with Crippen molar-refractivity contribution < 1.29 is 92.3 Å². The average molecular weight is 1190 g/mol. The molecule has 0 bridgehead atoms. The van der Waals surface area contributed by atoms with E-state index in [2.05, 4.69) is 4.74 Å². The van der Waals surface area contributed by atoms with Gasteiger partial charge in [0.25, 0.3) is 17.1 Å². The van der Waals surface area contributed by atoms with Gasteiger partial charge in [0.15, 0.2) is 0 Å². The standard InChI is InChI=1S/C33H34N2O13.C15H20O5.C9H8ClNO4.CH4/c1-22(27-11-3-5-13-29(27)34(40)41)47-32(38)45-16-7-9-24-19-25(21-26(20-24)44-18-15-31(36)37)10-8-17-46-33(39)48-23(2)28-12-4-6-14-30(28)35(42)43;16-6-1-3-12-9-13(4-2-7-17)11-14(10-12)20-8-5-15(18)19;1-6(15-9(10)12)7-4-2-3-5-8(7)11(13)14;/h3-14,19-20,22-23,26H,15-18,21H2,1-2H3,(H,36,37);1-4,9-10,14,16-17H,5-8,11H2,(H,18,19);2-6H,1H3;1H4/b9-7+,10-8+;3-1+,4-2+;;. The van der Waals surface area contributed by atoms with Crippen molar-refractivity contribution in [1.29, 1.82) is 0 Å². The molecule has 2 aliphatic rings. The molecular formula is C58H66ClN3O22. The van der Waals surface area contributed by atoms with Crippen LogP contribution in [-0.2, 0) is 42.7 Å². The number of carbonyl (C=O) groups is 5. The zero-order chi connectivity index (χ0) is 61.3. The van der Waals surface area contributed by atoms with Crippen LogP contribution in [-0.4, -0.2) is 117 Å². The lowest BCUT2D eigenvalue weighted by Crippen LogP contribution is -2.16. The number of aliphatic carboxylic acids is 2. The van der Waals surface area contributed by atoms with Crippen molar-refractivity contribution in [2.24, 2.45) is 0 Å². The number of nitro groups is 3. The molecule has 0 radical (unpaired) electrons. The molecule has 4 N–H and O–H groups in total. The van der Waals surface area contributed by atoms with Gasteiger partial charge < -0.3 is 53.6 Å². The molecule has 0 aliphatic heterocycles. The van der Waals surface area contributed by atoms with Crippen molar-refractivity contribution in [2.75, 3.05) is 39.6 Å². The Hall–Kier alpha value is -9.14. The number of para-hydroxylation sites is 3. The molecule has 25 nitrogen and oxygen atoms in total. The summed E-state index contributed by atoms with van der Waals surface area (Å²) in [5, 5.41) is 68.3. The number of hydrogen-bond donors (Lipinski definition) is 4. The van der Waals surface area contributed by atoms with Crippen LogP contribution in [0.25, 0.3) is 0 Å². The predicted octanol–water partition coefficient (Wildman–Crippen LogP) is 11.7. The molecule has 84 heavy (non-hydrogen) atoms. The van der Waals surface area contributed by atoms with Crippen LogP contribution in [0.2, 0.25) is 0 Å². The number of nitro benzene ring substituents is 3. The normalized spacial score (nSPS) is 15.6. The zero-order valence-corrected chi connectivity index (χ0v) is 45.9. The number of benzene rings is 3. The Balaban J connectivity index is 0.000000544. The van der Waals surface area contributed by atoms with Crippen LogP contribution in [0, 0.1) is 30.3 Å². The van der Waals surface area contributed by atoms with Crippen LogP contribution in [0.1, 0.15) is 88.9 Å². The van der Waals surface area contributed by atoms with E-state index < -0.39 is 68.9 Å². The number of aliphatic hydroxyl groups is 2. The highest BCUT2D eigenvalue weighted by Gasteiger charge is 2.24. The number of hydrogen-bond acceptors (Lipinski definition) is 20. The van der Waals surface area contributed by atoms with Crippen molar-refractivity contribution in [3.63, 3.8) is 0 Å². The monoisotopic (exact) mass is 1190 g/mol. The number of rotatable bonds is 27. The highest BCUT2D eigenvalue weighted by molar-refractivity contribution is 6.61. The van der Waals surface area contributed by atoms with Gasteiger partial charge in [-0.2, -0.15) is 0 Å². The molecule has 5 rings (SSSR count). The molecule has 5 unspecified atom stereocenters. The van der Waals surface area contributed by atoms with Gasteiger partial charge in [-0.25, -0.2) is 14.4 Å². The maximum Gasteiger partial charge on any atom is 0.509 e. The van der Waals surface area contributed by atoms with Crippen LogP contribution in [0.3, 0.4) is 0 Å². The molecule has 0 heterocycles. The first kappa shape index (κ1) is 71.0. The Morgan fingerprint density at radius 2 is 0.893 bits per heavy atom. The second kappa shape index (κ2) is 38.5. The number of carboxylic acids is 2. The van der Waals surface area contributed by atoms with E-state index in [9.17, 15) is 54.3 Å². The van der Waals surface area contributed by atoms with Gasteiger partial charge in [0, 0.05) is 42.6 Å². The molecule has 452 valence electrons. The fraction of sp³-hybridized carbons (Fsp3) is 0.328. The Kier molecular flexibility index (Phi) is 32.6. The highest BCUT2D eigenvalue weighted by Crippen LogP contribution is 2.30. The van der Waals surface area contributed by atoms with Gasteiger partial charge in [-0.15, -0.1) is 0 Å². The third kappa shape index (κ3) is 27.1. The molecule has 2 aliphatic carbocycles. The molecule has 3 aromatic carbocycles. The summed E-state index contributed by atoms with van der Waals surface area (Å²) in [4.78, 5) is 87.7. The van der Waals surface area contributed by atoms with E-state index in [0.29, 0.717) is 24.0 Å². The molecule has 0 fully saturated rings. The molecule has 0 spiro atoms. The Labute approximate surface area is 488 Å². The lowest BCUT2D eigenvalue weighted by atomic mass is 9.96. The summed E-state index contributed by atoms with van der Waals surface area (Å²) >= 11 is 5.02. The van der Waals surface area contributed by atoms with Gasteiger partial charge in [0.2, 0.25) is 0 Å². The van der Waals surface area contributed by atoms with Gasteiger partial charge >= 0.3 is 29.7 Å². The minimum Gasteiger partial charge on any atom is -0.481 e. The molecule has 0 saturated heterocycles. The van der Waals surface area contributed by atoms with Crippen LogP contribution in [0.4, 0.5) is 31.4 Å². The van der Waals surface area contributed by atoms with E-state index in [1.165, 1.54) is 81.4 Å². The van der Waals surface area contributed by atoms with Gasteiger partial charge in [-0.3, -0.25) is 39.9 Å². The van der Waals surface area contributed by atoms with Crippen molar-refractivity contribution in [3.05, 3.63) is 215 Å². The summed E-state index contributed by atoms with van der Waals surface area (Å²) in [6, 6.07) is 17.8. The lowest BCUT2D eigenvalue weighted by molar-refractivity contribution is -0.386. The zero-order valence-electron chi connectivity index (χ0n) is 45.2. The molecular weight excluding hydrogens is 1130 g/mol. The molecule has 0 saturated carbocycles. The number of carboxylic acid groups (broad SMARTS) is 2. The van der Waals surface area contributed by atoms with Crippen molar-refractivity contribution >= 4 is 58.3 Å². The molecule has 0 amide bonds. The number of ether oxygens (including phenoxy) is 7. The number of allylic oxidation sites excluding steroid dienone is 8. The van der Waals surface area contributed by atoms with E-state index in [1.54, 1.807) is 66.8 Å². The van der Waals surface area contributed by atoms with E-state index in [0.717, 1.165) is 16.7 Å². The van der Waals surface area contributed by atoms with E-state index in [4.69, 9.17) is 60.4 Å². The van der Waals surface area contributed by atoms with Crippen LogP contribution in [0.15, 0.2) is 168 Å². The minimum atomic E-state index is -1.02. The maximum absolute atomic E-state index is 12.2. The first-order chi connectivity index (χ1) is 39.6. The van der Waals surface area contributed by atoms with E-state index in [-0.39, 0.29) is 94.2 Å². The van der Waals surface area contributed by atoms with E-state index >= 15 is 0 Å². The highest BCUT2D eigenvalue weighted by atomic mass is 35.5. The minimum absolute atomic E-state index is 0. The summed E-state index contributed by atoms with van der Waals surface area (Å²) < 4.78 is 36.4. The second-order valence-electron chi connectivity index (χ2n) is 17.3. The van der Waals surface area contributed by atoms with Gasteiger partial charge in [-0.05, 0) is 85.6 Å². The topological polar surface area (TPSA) is 360 Å². The largest absolute Gasteiger partial charge is 0.509 e. The van der Waals surface area contributed by atoms with Gasteiger partial charge in [0.1, 0.15) is 31.5 Å². The van der Waals surface area contributed by atoms with E-state index in [1.807, 2.05) is 18.2 Å². The maximum atomic E-state index is 12.2.